The zero-order valence-corrected chi connectivity index (χ0v) is 18.3. The van der Waals surface area contributed by atoms with Gasteiger partial charge in [-0.05, 0) is 59.4 Å². The third-order valence-corrected chi connectivity index (χ3v) is 5.66. The van der Waals surface area contributed by atoms with Crippen LogP contribution in [0.1, 0.15) is 100 Å². The van der Waals surface area contributed by atoms with Crippen LogP contribution in [0.3, 0.4) is 0 Å². The molecule has 2 nitrogen and oxygen atoms in total. The fraction of sp³-hybridized carbons (Fsp3) is 1.00. The van der Waals surface area contributed by atoms with Crippen LogP contribution in [0.2, 0.25) is 0 Å². The number of hydrogen-bond donors (Lipinski definition) is 0. The number of piperidine rings is 1. The van der Waals surface area contributed by atoms with Gasteiger partial charge in [0.2, 0.25) is 0 Å². The van der Waals surface area contributed by atoms with Crippen LogP contribution < -0.4 is 0 Å². The molecule has 0 spiro atoms. The molecular weight excluding hydrogens is 294 g/mol. The van der Waals surface area contributed by atoms with E-state index in [0.717, 1.165) is 11.8 Å². The number of likely N-dealkylation sites (tertiary alicyclic amines) is 1. The van der Waals surface area contributed by atoms with Gasteiger partial charge in [0, 0.05) is 12.1 Å². The fourth-order valence-electron chi connectivity index (χ4n) is 3.92. The van der Waals surface area contributed by atoms with Crippen molar-refractivity contribution in [1.82, 2.24) is 4.90 Å². The van der Waals surface area contributed by atoms with Gasteiger partial charge in [-0.2, -0.15) is 0 Å². The molecule has 1 aliphatic heterocycles. The first-order valence-electron chi connectivity index (χ1n) is 10.7. The maximum absolute atomic E-state index is 5.85. The molecule has 0 aromatic rings. The van der Waals surface area contributed by atoms with E-state index in [-0.39, 0.29) is 0 Å². The second kappa shape index (κ2) is 13.2. The smallest absolute Gasteiger partial charge is 0.0608 e. The number of nitrogens with zero attached hydrogens (tertiary/aromatic N) is 1. The summed E-state index contributed by atoms with van der Waals surface area (Å²) in [4.78, 5) is 2.44. The van der Waals surface area contributed by atoms with E-state index in [4.69, 9.17) is 4.74 Å². The summed E-state index contributed by atoms with van der Waals surface area (Å²) in [5, 5.41) is 0. The quantitative estimate of drug-likeness (QED) is 0.578. The average Bonchev–Trinajstić information content (AvgIpc) is 2.55. The van der Waals surface area contributed by atoms with Crippen LogP contribution in [0.15, 0.2) is 0 Å². The van der Waals surface area contributed by atoms with Gasteiger partial charge in [0.25, 0.3) is 0 Å². The highest BCUT2D eigenvalue weighted by Crippen LogP contribution is 2.29. The summed E-state index contributed by atoms with van der Waals surface area (Å²) in [6.45, 7) is 17.5. The normalized spacial score (nSPS) is 28.9. The molecule has 2 fully saturated rings. The molecule has 0 radical (unpaired) electrons. The Balaban J connectivity index is 0.000000420. The molecule has 24 heavy (non-hydrogen) atoms. The predicted molar refractivity (Wildman–Crippen MR) is 109 cm³/mol. The summed E-state index contributed by atoms with van der Waals surface area (Å²) in [7, 11) is 2.21. The van der Waals surface area contributed by atoms with Gasteiger partial charge in [-0.25, -0.2) is 0 Å². The third-order valence-electron chi connectivity index (χ3n) is 5.66. The summed E-state index contributed by atoms with van der Waals surface area (Å²) < 4.78 is 5.85. The van der Waals surface area contributed by atoms with Crippen molar-refractivity contribution in [1.29, 1.82) is 0 Å². The van der Waals surface area contributed by atoms with Crippen molar-refractivity contribution < 1.29 is 4.74 Å². The highest BCUT2D eigenvalue weighted by atomic mass is 16.5. The lowest BCUT2D eigenvalue weighted by molar-refractivity contribution is -0.0521. The number of rotatable bonds is 3. The van der Waals surface area contributed by atoms with Gasteiger partial charge < -0.3 is 9.64 Å². The second-order valence-corrected chi connectivity index (χ2v) is 8.28. The van der Waals surface area contributed by atoms with Gasteiger partial charge in [0.1, 0.15) is 0 Å². The SMILES string of the molecule is CC.CC(C)C1CCCCC1.CC(C)OC1CC(C)N(C)C(C)C1. The van der Waals surface area contributed by atoms with Crippen molar-refractivity contribution in [2.24, 2.45) is 11.8 Å². The first kappa shape index (κ1) is 23.9. The molecule has 2 heteroatoms. The van der Waals surface area contributed by atoms with Crippen LogP contribution in [0, 0.1) is 11.8 Å². The fourth-order valence-corrected chi connectivity index (χ4v) is 3.92. The van der Waals surface area contributed by atoms with E-state index in [9.17, 15) is 0 Å². The van der Waals surface area contributed by atoms with Gasteiger partial charge in [0.15, 0.2) is 0 Å². The maximum Gasteiger partial charge on any atom is 0.0608 e. The van der Waals surface area contributed by atoms with Crippen LogP contribution in [0.4, 0.5) is 0 Å². The molecule has 1 heterocycles. The maximum atomic E-state index is 5.85. The summed E-state index contributed by atoms with van der Waals surface area (Å²) in [5.41, 5.74) is 0. The van der Waals surface area contributed by atoms with E-state index >= 15 is 0 Å². The average molecular weight is 342 g/mol. The van der Waals surface area contributed by atoms with Gasteiger partial charge in [0.05, 0.1) is 12.2 Å². The Morgan fingerprint density at radius 3 is 1.62 bits per heavy atom. The zero-order valence-electron chi connectivity index (χ0n) is 18.3. The monoisotopic (exact) mass is 341 g/mol. The molecule has 0 N–H and O–H groups in total. The molecule has 1 aliphatic carbocycles. The summed E-state index contributed by atoms with van der Waals surface area (Å²) in [6.07, 6.45) is 10.7. The Kier molecular flexibility index (Phi) is 13.1. The predicted octanol–water partition coefficient (Wildman–Crippen LogP) is 6.53. The molecule has 0 amide bonds. The lowest BCUT2D eigenvalue weighted by Gasteiger charge is -2.40. The van der Waals surface area contributed by atoms with Crippen molar-refractivity contribution in [3.05, 3.63) is 0 Å². The topological polar surface area (TPSA) is 12.5 Å². The van der Waals surface area contributed by atoms with Gasteiger partial charge in [-0.3, -0.25) is 0 Å². The van der Waals surface area contributed by atoms with Crippen molar-refractivity contribution in [3.63, 3.8) is 0 Å². The van der Waals surface area contributed by atoms with Crippen molar-refractivity contribution in [3.8, 4) is 0 Å². The Morgan fingerprint density at radius 2 is 1.29 bits per heavy atom. The first-order chi connectivity index (χ1) is 11.3. The molecule has 1 saturated carbocycles. The molecule has 2 aliphatic rings. The minimum Gasteiger partial charge on any atom is -0.375 e. The van der Waals surface area contributed by atoms with Crippen LogP contribution in [-0.2, 0) is 4.74 Å². The van der Waals surface area contributed by atoms with Crippen molar-refractivity contribution in [2.75, 3.05) is 7.05 Å². The molecule has 1 saturated heterocycles. The van der Waals surface area contributed by atoms with Gasteiger partial charge in [-0.1, -0.05) is 59.8 Å². The molecule has 0 aromatic heterocycles. The van der Waals surface area contributed by atoms with Crippen LogP contribution in [0.25, 0.3) is 0 Å². The van der Waals surface area contributed by atoms with E-state index < -0.39 is 0 Å². The van der Waals surface area contributed by atoms with E-state index in [0.29, 0.717) is 24.3 Å². The summed E-state index contributed by atoms with van der Waals surface area (Å²) in [5.74, 6) is 1.99. The largest absolute Gasteiger partial charge is 0.375 e. The van der Waals surface area contributed by atoms with Crippen molar-refractivity contribution >= 4 is 0 Å². The van der Waals surface area contributed by atoms with Crippen LogP contribution in [-0.4, -0.2) is 36.2 Å². The molecule has 2 rings (SSSR count). The van der Waals surface area contributed by atoms with E-state index in [1.54, 1.807) is 0 Å². The molecule has 2 atom stereocenters. The minimum absolute atomic E-state index is 0.368. The van der Waals surface area contributed by atoms with Gasteiger partial charge in [-0.15, -0.1) is 0 Å². The van der Waals surface area contributed by atoms with Crippen LogP contribution >= 0.6 is 0 Å². The molecule has 0 bridgehead atoms. The highest BCUT2D eigenvalue weighted by Gasteiger charge is 2.28. The molecule has 2 unspecified atom stereocenters. The Hall–Kier alpha value is -0.0800. The number of hydrogen-bond acceptors (Lipinski definition) is 2. The van der Waals surface area contributed by atoms with Gasteiger partial charge >= 0.3 is 0 Å². The Morgan fingerprint density at radius 1 is 0.833 bits per heavy atom. The first-order valence-corrected chi connectivity index (χ1v) is 10.7. The van der Waals surface area contributed by atoms with E-state index in [2.05, 4.69) is 53.5 Å². The highest BCUT2D eigenvalue weighted by molar-refractivity contribution is 4.83. The third kappa shape index (κ3) is 9.42. The van der Waals surface area contributed by atoms with E-state index in [1.807, 2.05) is 13.8 Å². The standard InChI is InChI=1S/C11H23NO.C9H18.C2H6/c1-8(2)13-11-6-9(3)12(5)10(4)7-11;1-8(2)9-6-4-3-5-7-9;1-2/h8-11H,6-7H2,1-5H3;8-9H,3-7H2,1-2H3;1-2H3. The lowest BCUT2D eigenvalue weighted by Crippen LogP contribution is -2.46. The summed E-state index contributed by atoms with van der Waals surface area (Å²) >= 11 is 0. The Bertz CT molecular complexity index is 272. The second-order valence-electron chi connectivity index (χ2n) is 8.28. The molecule has 146 valence electrons. The van der Waals surface area contributed by atoms with Crippen molar-refractivity contribution in [2.45, 2.75) is 125 Å². The minimum atomic E-state index is 0.368. The zero-order chi connectivity index (χ0) is 18.7. The molecule has 0 aromatic carbocycles. The lowest BCUT2D eigenvalue weighted by atomic mass is 9.82. The Labute approximate surface area is 153 Å². The number of ether oxygens (including phenoxy) is 1. The summed E-state index contributed by atoms with van der Waals surface area (Å²) in [6, 6.07) is 1.32. The van der Waals surface area contributed by atoms with Crippen LogP contribution in [0.5, 0.6) is 0 Å². The molecular formula is C22H47NO. The van der Waals surface area contributed by atoms with E-state index in [1.165, 1.54) is 44.9 Å².